The fourth-order valence-electron chi connectivity index (χ4n) is 4.92. The van der Waals surface area contributed by atoms with Crippen molar-refractivity contribution in [3.8, 4) is 11.5 Å². The fraction of sp³-hybridized carbons (Fsp3) is 0.385. The van der Waals surface area contributed by atoms with E-state index < -0.39 is 0 Å². The highest BCUT2D eigenvalue weighted by molar-refractivity contribution is 5.91. The lowest BCUT2D eigenvalue weighted by Gasteiger charge is -2.36. The van der Waals surface area contributed by atoms with Crippen molar-refractivity contribution in [1.82, 2.24) is 14.8 Å². The van der Waals surface area contributed by atoms with Gasteiger partial charge in [0.2, 0.25) is 0 Å². The summed E-state index contributed by atoms with van der Waals surface area (Å²) in [5, 5.41) is 0. The number of benzene rings is 1. The van der Waals surface area contributed by atoms with Gasteiger partial charge in [-0.25, -0.2) is 0 Å². The maximum Gasteiger partial charge on any atom is 0.189 e. The summed E-state index contributed by atoms with van der Waals surface area (Å²) in [6.07, 6.45) is 10.2. The first-order valence-electron chi connectivity index (χ1n) is 11.7. The fourth-order valence-corrected chi connectivity index (χ4v) is 4.92. The van der Waals surface area contributed by atoms with Gasteiger partial charge in [-0.05, 0) is 35.4 Å². The number of allylic oxidation sites excluding steroid dienone is 2. The van der Waals surface area contributed by atoms with Gasteiger partial charge in [0.05, 0.1) is 25.3 Å². The predicted molar refractivity (Wildman–Crippen MR) is 127 cm³/mol. The van der Waals surface area contributed by atoms with Crippen LogP contribution in [0.4, 0.5) is 0 Å². The molecule has 7 heteroatoms. The average molecular weight is 445 g/mol. The molecule has 0 amide bonds. The van der Waals surface area contributed by atoms with Crippen LogP contribution >= 0.6 is 0 Å². The van der Waals surface area contributed by atoms with Gasteiger partial charge in [-0.3, -0.25) is 14.9 Å². The molecule has 170 valence electrons. The molecule has 0 N–H and O–H groups in total. The Hall–Kier alpha value is -3.16. The minimum absolute atomic E-state index is 0.0797. The summed E-state index contributed by atoms with van der Waals surface area (Å²) in [5.74, 6) is 2.55. The van der Waals surface area contributed by atoms with Gasteiger partial charge in [0.1, 0.15) is 12.4 Å². The Morgan fingerprint density at radius 3 is 2.64 bits per heavy atom. The molecule has 0 spiro atoms. The van der Waals surface area contributed by atoms with Crippen LogP contribution in [0.15, 0.2) is 72.0 Å². The van der Waals surface area contributed by atoms with E-state index >= 15 is 0 Å². The van der Waals surface area contributed by atoms with Crippen LogP contribution in [0.5, 0.6) is 11.5 Å². The molecule has 33 heavy (non-hydrogen) atoms. The van der Waals surface area contributed by atoms with Gasteiger partial charge in [0, 0.05) is 38.6 Å². The molecule has 1 aromatic heterocycles. The van der Waals surface area contributed by atoms with E-state index in [1.165, 1.54) is 11.1 Å². The number of morpholine rings is 1. The molecule has 3 unspecified atom stereocenters. The van der Waals surface area contributed by atoms with Crippen molar-refractivity contribution < 1.29 is 14.2 Å². The van der Waals surface area contributed by atoms with Crippen molar-refractivity contribution in [1.29, 1.82) is 0 Å². The van der Waals surface area contributed by atoms with E-state index in [1.54, 1.807) is 0 Å². The highest BCUT2D eigenvalue weighted by Crippen LogP contribution is 2.35. The molecule has 0 radical (unpaired) electrons. The normalized spacial score (nSPS) is 26.5. The maximum absolute atomic E-state index is 6.37. The van der Waals surface area contributed by atoms with Gasteiger partial charge < -0.3 is 19.1 Å². The second-order valence-electron chi connectivity index (χ2n) is 8.70. The molecule has 2 aromatic rings. The Morgan fingerprint density at radius 1 is 0.970 bits per heavy atom. The number of fused-ring (bicyclic) bond motifs is 2. The summed E-state index contributed by atoms with van der Waals surface area (Å²) >= 11 is 0. The zero-order valence-corrected chi connectivity index (χ0v) is 18.5. The lowest BCUT2D eigenvalue weighted by atomic mass is 9.94. The summed E-state index contributed by atoms with van der Waals surface area (Å²) in [6, 6.07) is 12.2. The van der Waals surface area contributed by atoms with Gasteiger partial charge in [-0.15, -0.1) is 0 Å². The Labute approximate surface area is 194 Å². The molecule has 0 saturated carbocycles. The molecule has 1 aliphatic carbocycles. The molecule has 3 atom stereocenters. The monoisotopic (exact) mass is 444 g/mol. The van der Waals surface area contributed by atoms with Crippen LogP contribution < -0.4 is 9.47 Å². The first kappa shape index (κ1) is 20.4. The SMILES string of the molecule is C1=CC2N=C(C3COc4ccccc4O3)N(CCN3CCOCC3)C2C=C1c1ccncc1. The number of nitrogens with zero attached hydrogens (tertiary/aromatic N) is 4. The first-order valence-corrected chi connectivity index (χ1v) is 11.7. The number of pyridine rings is 1. The third kappa shape index (κ3) is 4.14. The molecule has 4 aliphatic rings. The first-order chi connectivity index (χ1) is 16.3. The number of ether oxygens (including phenoxy) is 3. The summed E-state index contributed by atoms with van der Waals surface area (Å²) in [5.41, 5.74) is 2.38. The summed E-state index contributed by atoms with van der Waals surface area (Å²) in [4.78, 5) is 14.2. The zero-order valence-electron chi connectivity index (χ0n) is 18.5. The van der Waals surface area contributed by atoms with Crippen molar-refractivity contribution >= 4 is 11.4 Å². The third-order valence-corrected chi connectivity index (χ3v) is 6.68. The van der Waals surface area contributed by atoms with E-state index in [9.17, 15) is 0 Å². The smallest absolute Gasteiger partial charge is 0.189 e. The lowest BCUT2D eigenvalue weighted by Crippen LogP contribution is -2.51. The van der Waals surface area contributed by atoms with E-state index in [4.69, 9.17) is 19.2 Å². The molecular formula is C26H28N4O3. The third-order valence-electron chi connectivity index (χ3n) is 6.68. The van der Waals surface area contributed by atoms with Crippen molar-refractivity contribution in [2.75, 3.05) is 46.0 Å². The number of hydrogen-bond donors (Lipinski definition) is 0. The van der Waals surface area contributed by atoms with Gasteiger partial charge >= 0.3 is 0 Å². The number of aliphatic imine (C=N–C) groups is 1. The Bertz CT molecular complexity index is 1080. The summed E-state index contributed by atoms with van der Waals surface area (Å²) in [6.45, 7) is 5.88. The Kier molecular flexibility index (Phi) is 5.58. The minimum atomic E-state index is -0.221. The van der Waals surface area contributed by atoms with Gasteiger partial charge in [0.25, 0.3) is 0 Å². The zero-order chi connectivity index (χ0) is 22.0. The van der Waals surface area contributed by atoms with Crippen molar-refractivity contribution in [2.24, 2.45) is 4.99 Å². The number of para-hydroxylation sites is 2. The van der Waals surface area contributed by atoms with Crippen LogP contribution in [0.2, 0.25) is 0 Å². The molecule has 7 nitrogen and oxygen atoms in total. The molecule has 0 bridgehead atoms. The minimum Gasteiger partial charge on any atom is -0.485 e. The predicted octanol–water partition coefficient (Wildman–Crippen LogP) is 2.66. The van der Waals surface area contributed by atoms with E-state index in [0.717, 1.165) is 56.7 Å². The van der Waals surface area contributed by atoms with Crippen molar-refractivity contribution in [2.45, 2.75) is 18.2 Å². The highest BCUT2D eigenvalue weighted by Gasteiger charge is 2.40. The second kappa shape index (κ2) is 9.00. The van der Waals surface area contributed by atoms with Crippen LogP contribution in [0.25, 0.3) is 5.57 Å². The quantitative estimate of drug-likeness (QED) is 0.707. The highest BCUT2D eigenvalue weighted by atomic mass is 16.6. The molecule has 1 aromatic carbocycles. The molecule has 6 rings (SSSR count). The van der Waals surface area contributed by atoms with Crippen LogP contribution in [0.3, 0.4) is 0 Å². The van der Waals surface area contributed by atoms with E-state index in [2.05, 4.69) is 45.1 Å². The topological polar surface area (TPSA) is 59.4 Å². The second-order valence-corrected chi connectivity index (χ2v) is 8.70. The molecular weight excluding hydrogens is 416 g/mol. The molecule has 3 aliphatic heterocycles. The lowest BCUT2D eigenvalue weighted by molar-refractivity contribution is 0.0349. The van der Waals surface area contributed by atoms with Crippen molar-refractivity contribution in [3.05, 3.63) is 72.6 Å². The van der Waals surface area contributed by atoms with Gasteiger partial charge in [0.15, 0.2) is 17.6 Å². The molecule has 4 heterocycles. The number of rotatable bonds is 5. The van der Waals surface area contributed by atoms with Gasteiger partial charge in [-0.2, -0.15) is 0 Å². The number of amidine groups is 1. The summed E-state index contributed by atoms with van der Waals surface area (Å²) in [7, 11) is 0. The average Bonchev–Trinajstić information content (AvgIpc) is 3.26. The number of hydrogen-bond acceptors (Lipinski definition) is 7. The van der Waals surface area contributed by atoms with Gasteiger partial charge in [-0.1, -0.05) is 30.4 Å². The van der Waals surface area contributed by atoms with Crippen molar-refractivity contribution in [3.63, 3.8) is 0 Å². The standard InChI is InChI=1S/C26H28N4O3/c1-2-4-24-23(3-1)32-18-25(33-24)26-28-21-6-5-20(19-7-9-27-10-8-19)17-22(21)30(26)12-11-29-13-15-31-16-14-29/h1-10,17,21-22,25H,11-16,18H2. The molecule has 1 saturated heterocycles. The van der Waals surface area contributed by atoms with E-state index in [0.29, 0.717) is 6.61 Å². The largest absolute Gasteiger partial charge is 0.485 e. The summed E-state index contributed by atoms with van der Waals surface area (Å²) < 4.78 is 17.9. The van der Waals surface area contributed by atoms with Crippen LogP contribution in [0.1, 0.15) is 5.56 Å². The Balaban J connectivity index is 1.27. The van der Waals surface area contributed by atoms with Crippen LogP contribution in [0, 0.1) is 0 Å². The van der Waals surface area contributed by atoms with Crippen LogP contribution in [-0.2, 0) is 4.74 Å². The maximum atomic E-state index is 6.37. The Morgan fingerprint density at radius 2 is 1.79 bits per heavy atom. The van der Waals surface area contributed by atoms with Crippen LogP contribution in [-0.4, -0.2) is 84.8 Å². The van der Waals surface area contributed by atoms with E-state index in [1.807, 2.05) is 36.7 Å². The molecule has 1 fully saturated rings. The number of aromatic nitrogens is 1. The van der Waals surface area contributed by atoms with E-state index in [-0.39, 0.29) is 18.2 Å².